The van der Waals surface area contributed by atoms with Gasteiger partial charge in [0, 0.05) is 18.9 Å². The van der Waals surface area contributed by atoms with E-state index in [1.54, 1.807) is 10.9 Å². The van der Waals surface area contributed by atoms with Gasteiger partial charge in [0.25, 0.3) is 0 Å². The average Bonchev–Trinajstić information content (AvgIpc) is 3.16. The van der Waals surface area contributed by atoms with E-state index in [9.17, 15) is 0 Å². The molecule has 1 fully saturated rings. The van der Waals surface area contributed by atoms with Gasteiger partial charge in [-0.25, -0.2) is 9.67 Å². The van der Waals surface area contributed by atoms with Crippen LogP contribution >= 0.6 is 0 Å². The molecule has 0 aromatic carbocycles. The van der Waals surface area contributed by atoms with Crippen LogP contribution in [0.3, 0.4) is 0 Å². The van der Waals surface area contributed by atoms with E-state index < -0.39 is 0 Å². The fourth-order valence-corrected chi connectivity index (χ4v) is 2.91. The fraction of sp³-hybridized carbons (Fsp3) is 0.474. The molecule has 0 unspecified atom stereocenters. The van der Waals surface area contributed by atoms with Gasteiger partial charge in [0.05, 0.1) is 24.9 Å². The molecule has 3 aromatic heterocycles. The van der Waals surface area contributed by atoms with Crippen molar-refractivity contribution in [2.75, 3.05) is 6.61 Å². The van der Waals surface area contributed by atoms with Crippen molar-refractivity contribution in [1.82, 2.24) is 29.5 Å². The number of rotatable bonds is 7. The summed E-state index contributed by atoms with van der Waals surface area (Å²) in [5.41, 5.74) is 2.91. The lowest BCUT2D eigenvalue weighted by Gasteiger charge is -2.07. The van der Waals surface area contributed by atoms with Crippen molar-refractivity contribution in [2.45, 2.75) is 45.7 Å². The minimum atomic E-state index is 0.0576. The molecule has 26 heavy (non-hydrogen) atoms. The highest BCUT2D eigenvalue weighted by atomic mass is 16.3. The molecule has 4 rings (SSSR count). The van der Waals surface area contributed by atoms with E-state index >= 15 is 0 Å². The SMILES string of the molecule is CC(C)c1ccc(-c2nc(-c3cnn(CCO)c3)nn2CC2CC2)nc1. The molecule has 136 valence electrons. The third-order valence-corrected chi connectivity index (χ3v) is 4.70. The van der Waals surface area contributed by atoms with Gasteiger partial charge in [-0.15, -0.1) is 0 Å². The summed E-state index contributed by atoms with van der Waals surface area (Å²) in [7, 11) is 0. The van der Waals surface area contributed by atoms with Crippen LogP contribution in [0.2, 0.25) is 0 Å². The number of aliphatic hydroxyl groups excluding tert-OH is 1. The van der Waals surface area contributed by atoms with Crippen molar-refractivity contribution in [3.8, 4) is 22.9 Å². The van der Waals surface area contributed by atoms with Crippen molar-refractivity contribution in [3.05, 3.63) is 36.3 Å². The van der Waals surface area contributed by atoms with Crippen LogP contribution in [0.4, 0.5) is 0 Å². The first-order valence-corrected chi connectivity index (χ1v) is 9.19. The fourth-order valence-electron chi connectivity index (χ4n) is 2.91. The highest BCUT2D eigenvalue weighted by molar-refractivity contribution is 5.58. The lowest BCUT2D eigenvalue weighted by Crippen LogP contribution is -2.05. The first-order chi connectivity index (χ1) is 12.6. The third kappa shape index (κ3) is 3.53. The maximum absolute atomic E-state index is 9.06. The molecule has 0 bridgehead atoms. The van der Waals surface area contributed by atoms with Gasteiger partial charge < -0.3 is 5.11 Å². The van der Waals surface area contributed by atoms with Gasteiger partial charge >= 0.3 is 0 Å². The summed E-state index contributed by atoms with van der Waals surface area (Å²) in [5, 5.41) is 18.0. The first kappa shape index (κ1) is 16.9. The molecule has 3 aromatic rings. The summed E-state index contributed by atoms with van der Waals surface area (Å²) in [4.78, 5) is 9.38. The Morgan fingerprint density at radius 1 is 1.23 bits per heavy atom. The molecule has 0 radical (unpaired) electrons. The van der Waals surface area contributed by atoms with Crippen LogP contribution in [-0.4, -0.2) is 41.2 Å². The number of hydrogen-bond donors (Lipinski definition) is 1. The van der Waals surface area contributed by atoms with E-state index in [4.69, 9.17) is 15.2 Å². The van der Waals surface area contributed by atoms with Crippen LogP contribution in [0.15, 0.2) is 30.7 Å². The zero-order valence-electron chi connectivity index (χ0n) is 15.2. The zero-order valence-corrected chi connectivity index (χ0v) is 15.2. The second kappa shape index (κ2) is 6.99. The van der Waals surface area contributed by atoms with Gasteiger partial charge in [0.2, 0.25) is 0 Å². The smallest absolute Gasteiger partial charge is 0.184 e. The van der Waals surface area contributed by atoms with Crippen LogP contribution in [-0.2, 0) is 13.1 Å². The predicted octanol–water partition coefficient (Wildman–Crippen LogP) is 2.73. The maximum atomic E-state index is 9.06. The number of aromatic nitrogens is 6. The summed E-state index contributed by atoms with van der Waals surface area (Å²) in [6.45, 7) is 5.72. The largest absolute Gasteiger partial charge is 0.394 e. The number of aliphatic hydroxyl groups is 1. The molecular formula is C19H24N6O. The highest BCUT2D eigenvalue weighted by Gasteiger charge is 2.25. The third-order valence-electron chi connectivity index (χ3n) is 4.70. The molecule has 3 heterocycles. The Bertz CT molecular complexity index is 876. The van der Waals surface area contributed by atoms with Gasteiger partial charge in [-0.2, -0.15) is 10.2 Å². The van der Waals surface area contributed by atoms with Gasteiger partial charge in [-0.05, 0) is 36.3 Å². The van der Waals surface area contributed by atoms with Crippen molar-refractivity contribution in [1.29, 1.82) is 0 Å². The Kier molecular flexibility index (Phi) is 4.55. The number of hydrogen-bond acceptors (Lipinski definition) is 5. The van der Waals surface area contributed by atoms with Crippen LogP contribution < -0.4 is 0 Å². The summed E-state index contributed by atoms with van der Waals surface area (Å²) in [5.74, 6) is 2.60. The summed E-state index contributed by atoms with van der Waals surface area (Å²) in [6.07, 6.45) is 8.04. The predicted molar refractivity (Wildman–Crippen MR) is 98.4 cm³/mol. The van der Waals surface area contributed by atoms with Crippen LogP contribution in [0.5, 0.6) is 0 Å². The molecule has 0 saturated heterocycles. The van der Waals surface area contributed by atoms with E-state index in [0.29, 0.717) is 24.2 Å². The molecule has 7 nitrogen and oxygen atoms in total. The molecule has 0 amide bonds. The van der Waals surface area contributed by atoms with E-state index in [2.05, 4.69) is 30.0 Å². The molecule has 0 aliphatic heterocycles. The van der Waals surface area contributed by atoms with Gasteiger partial charge in [-0.1, -0.05) is 19.9 Å². The Morgan fingerprint density at radius 3 is 2.73 bits per heavy atom. The zero-order chi connectivity index (χ0) is 18.1. The Hall–Kier alpha value is -2.54. The molecule has 1 saturated carbocycles. The highest BCUT2D eigenvalue weighted by Crippen LogP contribution is 2.32. The Labute approximate surface area is 152 Å². The van der Waals surface area contributed by atoms with E-state index in [1.165, 1.54) is 18.4 Å². The van der Waals surface area contributed by atoms with E-state index in [0.717, 1.165) is 23.6 Å². The van der Waals surface area contributed by atoms with Crippen molar-refractivity contribution >= 4 is 0 Å². The van der Waals surface area contributed by atoms with Gasteiger partial charge in [-0.3, -0.25) is 9.67 Å². The second-order valence-corrected chi connectivity index (χ2v) is 7.23. The molecule has 0 spiro atoms. The summed E-state index contributed by atoms with van der Waals surface area (Å²) >= 11 is 0. The minimum Gasteiger partial charge on any atom is -0.394 e. The molecule has 1 aliphatic carbocycles. The topological polar surface area (TPSA) is 81.6 Å². The second-order valence-electron chi connectivity index (χ2n) is 7.23. The lowest BCUT2D eigenvalue weighted by atomic mass is 10.1. The molecular weight excluding hydrogens is 328 g/mol. The average molecular weight is 352 g/mol. The van der Waals surface area contributed by atoms with E-state index in [1.807, 2.05) is 23.1 Å². The minimum absolute atomic E-state index is 0.0576. The summed E-state index contributed by atoms with van der Waals surface area (Å²) in [6, 6.07) is 4.14. The standard InChI is InChI=1S/C19H24N6O/c1-13(2)15-5-6-17(20-9-15)19-22-18(23-25(19)11-14-3-4-14)16-10-21-24(12-16)7-8-26/h5-6,9-10,12-14,26H,3-4,7-8,11H2,1-2H3. The molecule has 1 N–H and O–H groups in total. The molecule has 1 aliphatic rings. The lowest BCUT2D eigenvalue weighted by molar-refractivity contribution is 0.269. The Balaban J connectivity index is 1.68. The number of nitrogens with zero attached hydrogens (tertiary/aromatic N) is 6. The monoisotopic (exact) mass is 352 g/mol. The molecule has 7 heteroatoms. The van der Waals surface area contributed by atoms with Crippen molar-refractivity contribution in [3.63, 3.8) is 0 Å². The van der Waals surface area contributed by atoms with Gasteiger partial charge in [0.1, 0.15) is 5.69 Å². The van der Waals surface area contributed by atoms with Crippen LogP contribution in [0, 0.1) is 5.92 Å². The number of pyridine rings is 1. The van der Waals surface area contributed by atoms with Crippen LogP contribution in [0.1, 0.15) is 38.2 Å². The quantitative estimate of drug-likeness (QED) is 0.707. The first-order valence-electron chi connectivity index (χ1n) is 9.19. The summed E-state index contributed by atoms with van der Waals surface area (Å²) < 4.78 is 3.68. The van der Waals surface area contributed by atoms with Crippen molar-refractivity contribution < 1.29 is 5.11 Å². The Morgan fingerprint density at radius 2 is 2.08 bits per heavy atom. The van der Waals surface area contributed by atoms with Gasteiger partial charge in [0.15, 0.2) is 11.6 Å². The van der Waals surface area contributed by atoms with E-state index in [-0.39, 0.29) is 6.61 Å². The maximum Gasteiger partial charge on any atom is 0.184 e. The van der Waals surface area contributed by atoms with Crippen LogP contribution in [0.25, 0.3) is 22.9 Å². The molecule has 0 atom stereocenters. The normalized spacial score (nSPS) is 14.3. The van der Waals surface area contributed by atoms with Crippen molar-refractivity contribution in [2.24, 2.45) is 5.92 Å².